The molecule has 2 rings (SSSR count). The van der Waals surface area contributed by atoms with Crippen molar-refractivity contribution >= 4 is 11.7 Å². The van der Waals surface area contributed by atoms with Crippen molar-refractivity contribution in [3.8, 4) is 17.6 Å². The molecule has 1 heterocycles. The maximum absolute atomic E-state index is 12.7. The standard InChI is InChI=1S/C19H24N2O4/c1-3-24-16-9-8-14(12-17(16)25-4-2)18(22)15(13-20)19(23)21-10-6-5-7-11-21/h8-9,12,15H,3-7,10-11H2,1-2H3. The topological polar surface area (TPSA) is 79.6 Å². The molecule has 1 atom stereocenters. The fourth-order valence-electron chi connectivity index (χ4n) is 2.89. The van der Waals surface area contributed by atoms with E-state index in [1.54, 1.807) is 23.1 Å². The van der Waals surface area contributed by atoms with Gasteiger partial charge in [0.1, 0.15) is 0 Å². The molecule has 1 aliphatic rings. The van der Waals surface area contributed by atoms with Crippen LogP contribution in [0, 0.1) is 17.2 Å². The number of hydrogen-bond acceptors (Lipinski definition) is 5. The van der Waals surface area contributed by atoms with Gasteiger partial charge in [0.2, 0.25) is 5.91 Å². The van der Waals surface area contributed by atoms with E-state index in [1.165, 1.54) is 0 Å². The van der Waals surface area contributed by atoms with Gasteiger partial charge in [-0.1, -0.05) is 0 Å². The quantitative estimate of drug-likeness (QED) is 0.561. The maximum atomic E-state index is 12.7. The molecule has 0 saturated carbocycles. The molecule has 1 aliphatic heterocycles. The van der Waals surface area contributed by atoms with E-state index in [0.717, 1.165) is 19.3 Å². The normalized spacial score (nSPS) is 15.2. The van der Waals surface area contributed by atoms with Gasteiger partial charge in [0.15, 0.2) is 23.2 Å². The first-order valence-corrected chi connectivity index (χ1v) is 8.74. The van der Waals surface area contributed by atoms with Crippen molar-refractivity contribution in [1.82, 2.24) is 4.90 Å². The second kappa shape index (κ2) is 9.07. The summed E-state index contributed by atoms with van der Waals surface area (Å²) in [6.45, 7) is 5.81. The third kappa shape index (κ3) is 4.50. The summed E-state index contributed by atoms with van der Waals surface area (Å²) < 4.78 is 11.0. The Labute approximate surface area is 148 Å². The lowest BCUT2D eigenvalue weighted by Crippen LogP contribution is -2.41. The maximum Gasteiger partial charge on any atom is 0.247 e. The minimum absolute atomic E-state index is 0.281. The van der Waals surface area contributed by atoms with Gasteiger partial charge in [-0.3, -0.25) is 9.59 Å². The van der Waals surface area contributed by atoms with Crippen LogP contribution in [0.5, 0.6) is 11.5 Å². The summed E-state index contributed by atoms with van der Waals surface area (Å²) in [6, 6.07) is 6.64. The summed E-state index contributed by atoms with van der Waals surface area (Å²) in [5, 5.41) is 9.40. The molecule has 6 nitrogen and oxygen atoms in total. The first kappa shape index (κ1) is 18.8. The predicted octanol–water partition coefficient (Wildman–Crippen LogP) is 2.82. The summed E-state index contributed by atoms with van der Waals surface area (Å²) in [5.41, 5.74) is 0.281. The Balaban J connectivity index is 2.23. The Hall–Kier alpha value is -2.55. The van der Waals surface area contributed by atoms with Crippen LogP contribution in [0.4, 0.5) is 0 Å². The summed E-state index contributed by atoms with van der Waals surface area (Å²) in [5.74, 6) is -1.24. The molecule has 1 unspecified atom stereocenters. The lowest BCUT2D eigenvalue weighted by atomic mass is 9.96. The highest BCUT2D eigenvalue weighted by Gasteiger charge is 2.32. The van der Waals surface area contributed by atoms with Crippen molar-refractivity contribution in [3.63, 3.8) is 0 Å². The first-order chi connectivity index (χ1) is 12.1. The van der Waals surface area contributed by atoms with Gasteiger partial charge in [0, 0.05) is 18.7 Å². The number of ether oxygens (including phenoxy) is 2. The number of Topliss-reactive ketones (excluding diaryl/α,β-unsaturated/α-hetero) is 1. The molecule has 0 aliphatic carbocycles. The number of rotatable bonds is 7. The number of hydrogen-bond donors (Lipinski definition) is 0. The molecule has 1 aromatic carbocycles. The highest BCUT2D eigenvalue weighted by atomic mass is 16.5. The lowest BCUT2D eigenvalue weighted by molar-refractivity contribution is -0.133. The Morgan fingerprint density at radius 2 is 1.76 bits per heavy atom. The van der Waals surface area contributed by atoms with Gasteiger partial charge in [0.05, 0.1) is 19.3 Å². The van der Waals surface area contributed by atoms with Gasteiger partial charge in [-0.2, -0.15) is 5.26 Å². The van der Waals surface area contributed by atoms with E-state index in [4.69, 9.17) is 9.47 Å². The molecule has 1 fully saturated rings. The van der Waals surface area contributed by atoms with E-state index in [9.17, 15) is 14.9 Å². The highest BCUT2D eigenvalue weighted by molar-refractivity contribution is 6.12. The molecule has 0 spiro atoms. The average Bonchev–Trinajstić information content (AvgIpc) is 2.64. The number of amides is 1. The van der Waals surface area contributed by atoms with E-state index in [2.05, 4.69) is 0 Å². The van der Waals surface area contributed by atoms with Crippen LogP contribution in [-0.4, -0.2) is 42.9 Å². The lowest BCUT2D eigenvalue weighted by Gasteiger charge is -2.28. The SMILES string of the molecule is CCOc1ccc(C(=O)C(C#N)C(=O)N2CCCCC2)cc1OCC. The summed E-state index contributed by atoms with van der Waals surface area (Å²) in [7, 11) is 0. The molecule has 0 N–H and O–H groups in total. The molecule has 1 amide bonds. The molecular formula is C19H24N2O4. The fraction of sp³-hybridized carbons (Fsp3) is 0.526. The molecule has 0 radical (unpaired) electrons. The molecule has 25 heavy (non-hydrogen) atoms. The van der Waals surface area contributed by atoms with Crippen LogP contribution in [0.3, 0.4) is 0 Å². The third-order valence-corrected chi connectivity index (χ3v) is 4.13. The minimum Gasteiger partial charge on any atom is -0.490 e. The van der Waals surface area contributed by atoms with Crippen molar-refractivity contribution in [3.05, 3.63) is 23.8 Å². The monoisotopic (exact) mass is 344 g/mol. The number of piperidine rings is 1. The smallest absolute Gasteiger partial charge is 0.247 e. The Morgan fingerprint density at radius 3 is 2.36 bits per heavy atom. The van der Waals surface area contributed by atoms with Crippen molar-refractivity contribution < 1.29 is 19.1 Å². The molecule has 134 valence electrons. The molecular weight excluding hydrogens is 320 g/mol. The van der Waals surface area contributed by atoms with Crippen molar-refractivity contribution in [1.29, 1.82) is 5.26 Å². The van der Waals surface area contributed by atoms with Gasteiger partial charge in [-0.15, -0.1) is 0 Å². The van der Waals surface area contributed by atoms with Gasteiger partial charge in [-0.25, -0.2) is 0 Å². The number of carbonyl (C=O) groups excluding carboxylic acids is 2. The van der Waals surface area contributed by atoms with Crippen LogP contribution < -0.4 is 9.47 Å². The van der Waals surface area contributed by atoms with Gasteiger partial charge < -0.3 is 14.4 Å². The van der Waals surface area contributed by atoms with Crippen LogP contribution in [-0.2, 0) is 4.79 Å². The predicted molar refractivity (Wildman–Crippen MR) is 92.6 cm³/mol. The zero-order valence-electron chi connectivity index (χ0n) is 14.8. The third-order valence-electron chi connectivity index (χ3n) is 4.13. The van der Waals surface area contributed by atoms with Crippen LogP contribution in [0.1, 0.15) is 43.5 Å². The molecule has 6 heteroatoms. The van der Waals surface area contributed by atoms with Crippen molar-refractivity contribution in [2.24, 2.45) is 5.92 Å². The first-order valence-electron chi connectivity index (χ1n) is 8.74. The summed E-state index contributed by atoms with van der Waals surface area (Å²) in [4.78, 5) is 26.9. The molecule has 1 aromatic rings. The van der Waals surface area contributed by atoms with Gasteiger partial charge >= 0.3 is 0 Å². The second-order valence-electron chi connectivity index (χ2n) is 5.84. The summed E-state index contributed by atoms with van der Waals surface area (Å²) >= 11 is 0. The number of ketones is 1. The van der Waals surface area contributed by atoms with E-state index < -0.39 is 17.6 Å². The molecule has 0 bridgehead atoms. The zero-order valence-corrected chi connectivity index (χ0v) is 14.8. The van der Waals surface area contributed by atoms with Crippen LogP contribution in [0.25, 0.3) is 0 Å². The van der Waals surface area contributed by atoms with Crippen molar-refractivity contribution in [2.45, 2.75) is 33.1 Å². The summed E-state index contributed by atoms with van der Waals surface area (Å²) in [6.07, 6.45) is 2.90. The Morgan fingerprint density at radius 1 is 1.12 bits per heavy atom. The van der Waals surface area contributed by atoms with E-state index in [1.807, 2.05) is 19.9 Å². The van der Waals surface area contributed by atoms with Crippen molar-refractivity contribution in [2.75, 3.05) is 26.3 Å². The number of benzene rings is 1. The van der Waals surface area contributed by atoms with E-state index >= 15 is 0 Å². The van der Waals surface area contributed by atoms with E-state index in [-0.39, 0.29) is 5.56 Å². The number of nitriles is 1. The number of likely N-dealkylation sites (tertiary alicyclic amines) is 1. The Kier molecular flexibility index (Phi) is 6.81. The van der Waals surface area contributed by atoms with Gasteiger partial charge in [-0.05, 0) is 51.3 Å². The number of carbonyl (C=O) groups is 2. The van der Waals surface area contributed by atoms with Gasteiger partial charge in [0.25, 0.3) is 0 Å². The fourth-order valence-corrected chi connectivity index (χ4v) is 2.89. The zero-order chi connectivity index (χ0) is 18.2. The number of nitrogens with zero attached hydrogens (tertiary/aromatic N) is 2. The van der Waals surface area contributed by atoms with Crippen LogP contribution in [0.2, 0.25) is 0 Å². The van der Waals surface area contributed by atoms with E-state index in [0.29, 0.717) is 37.8 Å². The Bertz CT molecular complexity index is 660. The minimum atomic E-state index is -1.31. The molecule has 0 aromatic heterocycles. The average molecular weight is 344 g/mol. The van der Waals surface area contributed by atoms with Crippen LogP contribution >= 0.6 is 0 Å². The molecule has 1 saturated heterocycles. The highest BCUT2D eigenvalue weighted by Crippen LogP contribution is 2.29. The second-order valence-corrected chi connectivity index (χ2v) is 5.84. The van der Waals surface area contributed by atoms with Crippen LogP contribution in [0.15, 0.2) is 18.2 Å². The largest absolute Gasteiger partial charge is 0.490 e.